The van der Waals surface area contributed by atoms with E-state index in [1.807, 2.05) is 11.8 Å². The van der Waals surface area contributed by atoms with Gasteiger partial charge in [0, 0.05) is 19.6 Å². The van der Waals surface area contributed by atoms with Crippen LogP contribution in [0.25, 0.3) is 0 Å². The molecule has 1 aliphatic rings. The van der Waals surface area contributed by atoms with Gasteiger partial charge in [0.1, 0.15) is 0 Å². The minimum absolute atomic E-state index is 0.0363. The number of nitrogens with one attached hydrogen (secondary N) is 1. The quantitative estimate of drug-likeness (QED) is 0.739. The second-order valence-electron chi connectivity index (χ2n) is 4.90. The van der Waals surface area contributed by atoms with Gasteiger partial charge in [0.25, 0.3) is 0 Å². The molecule has 15 heavy (non-hydrogen) atoms. The Hall–Kier alpha value is -0.770. The summed E-state index contributed by atoms with van der Waals surface area (Å²) >= 11 is 0. The summed E-state index contributed by atoms with van der Waals surface area (Å²) in [5, 5.41) is 3.05. The van der Waals surface area contributed by atoms with Crippen LogP contribution in [0.5, 0.6) is 0 Å². The summed E-state index contributed by atoms with van der Waals surface area (Å²) in [6.07, 6.45) is 2.24. The van der Waals surface area contributed by atoms with E-state index in [0.29, 0.717) is 12.5 Å². The van der Waals surface area contributed by atoms with Gasteiger partial charge in [-0.3, -0.25) is 0 Å². The number of hydrogen-bond acceptors (Lipinski definition) is 2. The average molecular weight is 213 g/mol. The molecule has 0 aliphatic carbocycles. The van der Waals surface area contributed by atoms with Crippen molar-refractivity contribution in [3.8, 4) is 0 Å². The second kappa shape index (κ2) is 4.84. The van der Waals surface area contributed by atoms with Crippen molar-refractivity contribution in [2.45, 2.75) is 39.2 Å². The number of carbonyl (C=O) groups is 1. The average Bonchev–Trinajstić information content (AvgIpc) is 2.70. The standard InChI is InChI=1S/C11H23N3O/c1-9(2)11(3,8-12)13-10(15)14-6-4-5-7-14/h9H,4-8,12H2,1-3H3,(H,13,15). The number of carbonyl (C=O) groups excluding carboxylic acids is 1. The summed E-state index contributed by atoms with van der Waals surface area (Å²) in [6, 6.07) is 0.0363. The molecule has 0 aromatic rings. The molecule has 0 bridgehead atoms. The third-order valence-corrected chi connectivity index (χ3v) is 3.48. The molecule has 0 aromatic heterocycles. The smallest absolute Gasteiger partial charge is 0.317 e. The van der Waals surface area contributed by atoms with Gasteiger partial charge in [-0.05, 0) is 25.7 Å². The normalized spacial score (nSPS) is 20.5. The van der Waals surface area contributed by atoms with E-state index in [9.17, 15) is 4.79 Å². The maximum atomic E-state index is 11.9. The third kappa shape index (κ3) is 2.84. The highest BCUT2D eigenvalue weighted by atomic mass is 16.2. The Morgan fingerprint density at radius 1 is 1.47 bits per heavy atom. The molecule has 2 amide bonds. The van der Waals surface area contributed by atoms with E-state index in [-0.39, 0.29) is 11.6 Å². The molecule has 0 radical (unpaired) electrons. The topological polar surface area (TPSA) is 58.4 Å². The van der Waals surface area contributed by atoms with Gasteiger partial charge in [-0.25, -0.2) is 4.79 Å². The predicted octanol–water partition coefficient (Wildman–Crippen LogP) is 1.17. The van der Waals surface area contributed by atoms with Crippen molar-refractivity contribution in [1.82, 2.24) is 10.2 Å². The molecular formula is C11H23N3O. The van der Waals surface area contributed by atoms with Crippen LogP contribution >= 0.6 is 0 Å². The van der Waals surface area contributed by atoms with Crippen LogP contribution in [0.3, 0.4) is 0 Å². The summed E-state index contributed by atoms with van der Waals surface area (Å²) in [5.74, 6) is 0.342. The monoisotopic (exact) mass is 213 g/mol. The van der Waals surface area contributed by atoms with Gasteiger partial charge >= 0.3 is 6.03 Å². The Morgan fingerprint density at radius 2 is 2.00 bits per heavy atom. The van der Waals surface area contributed by atoms with Gasteiger partial charge in [0.05, 0.1) is 5.54 Å². The summed E-state index contributed by atoms with van der Waals surface area (Å²) in [7, 11) is 0. The minimum Gasteiger partial charge on any atom is -0.331 e. The van der Waals surface area contributed by atoms with Crippen molar-refractivity contribution in [2.24, 2.45) is 11.7 Å². The Kier molecular flexibility index (Phi) is 3.97. The van der Waals surface area contributed by atoms with Gasteiger partial charge in [0.2, 0.25) is 0 Å². The fourth-order valence-corrected chi connectivity index (χ4v) is 1.67. The highest BCUT2D eigenvalue weighted by Crippen LogP contribution is 2.16. The number of hydrogen-bond donors (Lipinski definition) is 2. The summed E-state index contributed by atoms with van der Waals surface area (Å²) < 4.78 is 0. The lowest BCUT2D eigenvalue weighted by molar-refractivity contribution is 0.184. The number of likely N-dealkylation sites (tertiary alicyclic amines) is 1. The van der Waals surface area contributed by atoms with Crippen LogP contribution in [0.1, 0.15) is 33.6 Å². The zero-order valence-electron chi connectivity index (χ0n) is 10.0. The molecular weight excluding hydrogens is 190 g/mol. The molecule has 3 N–H and O–H groups in total. The summed E-state index contributed by atoms with van der Waals surface area (Å²) in [6.45, 7) is 8.40. The Bertz CT molecular complexity index is 224. The molecule has 0 aromatic carbocycles. The van der Waals surface area contributed by atoms with Crippen molar-refractivity contribution < 1.29 is 4.79 Å². The lowest BCUT2D eigenvalue weighted by Gasteiger charge is -2.35. The summed E-state index contributed by atoms with van der Waals surface area (Å²) in [4.78, 5) is 13.8. The predicted molar refractivity (Wildman–Crippen MR) is 61.6 cm³/mol. The van der Waals surface area contributed by atoms with Crippen molar-refractivity contribution in [2.75, 3.05) is 19.6 Å². The Balaban J connectivity index is 2.54. The molecule has 4 nitrogen and oxygen atoms in total. The number of rotatable bonds is 3. The Morgan fingerprint density at radius 3 is 2.40 bits per heavy atom. The number of urea groups is 1. The molecule has 88 valence electrons. The van der Waals surface area contributed by atoms with Crippen molar-refractivity contribution in [3.63, 3.8) is 0 Å². The van der Waals surface area contributed by atoms with Crippen LogP contribution in [-0.4, -0.2) is 36.1 Å². The van der Waals surface area contributed by atoms with Crippen molar-refractivity contribution in [1.29, 1.82) is 0 Å². The van der Waals surface area contributed by atoms with Crippen molar-refractivity contribution in [3.05, 3.63) is 0 Å². The first-order valence-corrected chi connectivity index (χ1v) is 5.77. The van der Waals surface area contributed by atoms with E-state index in [2.05, 4.69) is 19.2 Å². The fourth-order valence-electron chi connectivity index (χ4n) is 1.67. The van der Waals surface area contributed by atoms with E-state index in [1.54, 1.807) is 0 Å². The van der Waals surface area contributed by atoms with Gasteiger partial charge in [-0.1, -0.05) is 13.8 Å². The van der Waals surface area contributed by atoms with Crippen LogP contribution in [0.15, 0.2) is 0 Å². The van der Waals surface area contributed by atoms with Crippen LogP contribution in [-0.2, 0) is 0 Å². The molecule has 1 saturated heterocycles. The largest absolute Gasteiger partial charge is 0.331 e. The summed E-state index contributed by atoms with van der Waals surface area (Å²) in [5.41, 5.74) is 5.43. The number of amides is 2. The molecule has 0 saturated carbocycles. The Labute approximate surface area is 92.2 Å². The highest BCUT2D eigenvalue weighted by molar-refractivity contribution is 5.75. The van der Waals surface area contributed by atoms with Crippen LogP contribution < -0.4 is 11.1 Å². The van der Waals surface area contributed by atoms with E-state index >= 15 is 0 Å². The van der Waals surface area contributed by atoms with Crippen molar-refractivity contribution >= 4 is 6.03 Å². The van der Waals surface area contributed by atoms with Crippen LogP contribution in [0.2, 0.25) is 0 Å². The lowest BCUT2D eigenvalue weighted by atomic mass is 9.89. The van der Waals surface area contributed by atoms with E-state index in [0.717, 1.165) is 25.9 Å². The van der Waals surface area contributed by atoms with E-state index in [1.165, 1.54) is 0 Å². The first-order valence-electron chi connectivity index (χ1n) is 5.77. The number of nitrogens with two attached hydrogens (primary N) is 1. The molecule has 1 aliphatic heterocycles. The first kappa shape index (κ1) is 12.3. The molecule has 1 fully saturated rings. The second-order valence-corrected chi connectivity index (χ2v) is 4.90. The van der Waals surface area contributed by atoms with Crippen LogP contribution in [0.4, 0.5) is 4.79 Å². The van der Waals surface area contributed by atoms with E-state index < -0.39 is 0 Å². The first-order chi connectivity index (χ1) is 6.99. The van der Waals surface area contributed by atoms with Gasteiger partial charge in [-0.2, -0.15) is 0 Å². The SMILES string of the molecule is CC(C)C(C)(CN)NC(=O)N1CCCC1. The van der Waals surface area contributed by atoms with E-state index in [4.69, 9.17) is 5.73 Å². The number of nitrogens with zero attached hydrogens (tertiary/aromatic N) is 1. The zero-order valence-corrected chi connectivity index (χ0v) is 10.0. The molecule has 0 spiro atoms. The minimum atomic E-state index is -0.292. The maximum absolute atomic E-state index is 11.9. The van der Waals surface area contributed by atoms with Gasteiger partial charge in [0.15, 0.2) is 0 Å². The van der Waals surface area contributed by atoms with Gasteiger partial charge in [-0.15, -0.1) is 0 Å². The van der Waals surface area contributed by atoms with Crippen LogP contribution in [0, 0.1) is 5.92 Å². The highest BCUT2D eigenvalue weighted by Gasteiger charge is 2.30. The molecule has 1 atom stereocenters. The molecule has 1 rings (SSSR count). The maximum Gasteiger partial charge on any atom is 0.317 e. The molecule has 1 unspecified atom stereocenters. The molecule has 4 heteroatoms. The zero-order chi connectivity index (χ0) is 11.5. The lowest BCUT2D eigenvalue weighted by Crippen LogP contribution is -2.57. The fraction of sp³-hybridized carbons (Fsp3) is 0.909. The molecule has 1 heterocycles. The van der Waals surface area contributed by atoms with Gasteiger partial charge < -0.3 is 16.0 Å². The third-order valence-electron chi connectivity index (χ3n) is 3.48.